The number of aliphatic carboxylic acids is 1. The zero-order valence-corrected chi connectivity index (χ0v) is 7.88. The number of nitrogens with zero attached hydrogens (tertiary/aromatic N) is 1. The summed E-state index contributed by atoms with van der Waals surface area (Å²) in [5, 5.41) is 9.50. The van der Waals surface area contributed by atoms with Crippen LogP contribution in [0.15, 0.2) is 29.0 Å². The quantitative estimate of drug-likeness (QED) is 0.774. The molecule has 0 bridgehead atoms. The van der Waals surface area contributed by atoms with Crippen LogP contribution in [0, 0.1) is 0 Å². The van der Waals surface area contributed by atoms with Crippen LogP contribution in [0.5, 0.6) is 0 Å². The maximum atomic E-state index is 10.6. The Morgan fingerprint density at radius 2 is 2.47 bits per heavy atom. The van der Waals surface area contributed by atoms with Gasteiger partial charge in [-0.15, -0.1) is 0 Å². The highest BCUT2D eigenvalue weighted by molar-refractivity contribution is 5.79. The topological polar surface area (TPSA) is 89.4 Å². The molecule has 5 nitrogen and oxygen atoms in total. The number of hydrogen-bond donors (Lipinski definition) is 2. The summed E-state index contributed by atoms with van der Waals surface area (Å²) in [5.74, 6) is -1.02. The van der Waals surface area contributed by atoms with Crippen molar-refractivity contribution < 1.29 is 14.3 Å². The number of fused-ring (bicyclic) bond motifs is 1. The van der Waals surface area contributed by atoms with Gasteiger partial charge in [0.1, 0.15) is 6.04 Å². The van der Waals surface area contributed by atoms with Gasteiger partial charge in [0.2, 0.25) is 5.71 Å². The van der Waals surface area contributed by atoms with Crippen molar-refractivity contribution in [2.45, 2.75) is 12.5 Å². The van der Waals surface area contributed by atoms with Crippen molar-refractivity contribution in [2.75, 3.05) is 0 Å². The summed E-state index contributed by atoms with van der Waals surface area (Å²) in [4.78, 5) is 14.6. The van der Waals surface area contributed by atoms with Crippen LogP contribution < -0.4 is 5.73 Å². The van der Waals surface area contributed by atoms with Gasteiger partial charge in [0, 0.05) is 23.6 Å². The highest BCUT2D eigenvalue weighted by atomic mass is 16.4. The summed E-state index contributed by atoms with van der Waals surface area (Å²) in [6, 6.07) is 2.69. The number of hydrogen-bond acceptors (Lipinski definition) is 4. The molecule has 78 valence electrons. The van der Waals surface area contributed by atoms with E-state index < -0.39 is 12.0 Å². The average molecular weight is 206 g/mol. The molecule has 2 heterocycles. The van der Waals surface area contributed by atoms with Crippen LogP contribution in [0.4, 0.5) is 0 Å². The smallest absolute Gasteiger partial charge is 0.320 e. The standard InChI is InChI=1S/C10H10N2O3/c11-8(10(13)14)4-6-5-15-9-7(6)2-1-3-12-9/h1-3,5,8H,4,11H2,(H,13,14). The van der Waals surface area contributed by atoms with Gasteiger partial charge in [-0.05, 0) is 12.1 Å². The van der Waals surface area contributed by atoms with Crippen molar-refractivity contribution in [3.63, 3.8) is 0 Å². The molecule has 3 N–H and O–H groups in total. The van der Waals surface area contributed by atoms with Gasteiger partial charge in [-0.25, -0.2) is 4.98 Å². The minimum atomic E-state index is -1.02. The Kier molecular flexibility index (Phi) is 2.39. The third kappa shape index (κ3) is 1.82. The fraction of sp³-hybridized carbons (Fsp3) is 0.200. The van der Waals surface area contributed by atoms with Crippen LogP contribution in [-0.2, 0) is 11.2 Å². The van der Waals surface area contributed by atoms with E-state index in [1.54, 1.807) is 12.3 Å². The lowest BCUT2D eigenvalue weighted by atomic mass is 10.1. The number of aromatic nitrogens is 1. The minimum Gasteiger partial charge on any atom is -0.480 e. The van der Waals surface area contributed by atoms with Gasteiger partial charge in [0.05, 0.1) is 6.26 Å². The zero-order chi connectivity index (χ0) is 10.8. The Hall–Kier alpha value is -1.88. The van der Waals surface area contributed by atoms with Crippen molar-refractivity contribution in [3.05, 3.63) is 30.2 Å². The first-order valence-electron chi connectivity index (χ1n) is 4.48. The van der Waals surface area contributed by atoms with Crippen LogP contribution in [0.2, 0.25) is 0 Å². The number of carboxylic acid groups (broad SMARTS) is 1. The van der Waals surface area contributed by atoms with E-state index in [1.807, 2.05) is 6.07 Å². The maximum absolute atomic E-state index is 10.6. The van der Waals surface area contributed by atoms with Crippen LogP contribution in [0.25, 0.3) is 11.1 Å². The van der Waals surface area contributed by atoms with Gasteiger partial charge < -0.3 is 15.3 Å². The monoisotopic (exact) mass is 206 g/mol. The van der Waals surface area contributed by atoms with Gasteiger partial charge in [0.25, 0.3) is 0 Å². The predicted octanol–water partition coefficient (Wildman–Crippen LogP) is 0.782. The number of pyridine rings is 1. The van der Waals surface area contributed by atoms with Crippen LogP contribution in [-0.4, -0.2) is 22.1 Å². The lowest BCUT2D eigenvalue weighted by Crippen LogP contribution is -2.32. The molecule has 0 saturated heterocycles. The highest BCUT2D eigenvalue weighted by Crippen LogP contribution is 2.19. The SMILES string of the molecule is NC(Cc1coc2ncccc12)C(=O)O. The van der Waals surface area contributed by atoms with Crippen molar-refractivity contribution in [1.82, 2.24) is 4.98 Å². The molecule has 1 unspecified atom stereocenters. The molecule has 0 spiro atoms. The lowest BCUT2D eigenvalue weighted by molar-refractivity contribution is -0.138. The van der Waals surface area contributed by atoms with Gasteiger partial charge >= 0.3 is 5.97 Å². The first-order chi connectivity index (χ1) is 7.18. The Balaban J connectivity index is 2.32. The highest BCUT2D eigenvalue weighted by Gasteiger charge is 2.15. The number of nitrogens with two attached hydrogens (primary N) is 1. The van der Waals surface area contributed by atoms with Gasteiger partial charge in [-0.1, -0.05) is 0 Å². The maximum Gasteiger partial charge on any atom is 0.320 e. The fourth-order valence-corrected chi connectivity index (χ4v) is 1.40. The molecule has 0 fully saturated rings. The molecule has 2 aromatic heterocycles. The molecule has 1 atom stereocenters. The van der Waals surface area contributed by atoms with Crippen molar-refractivity contribution in [1.29, 1.82) is 0 Å². The molecule has 5 heteroatoms. The number of carbonyl (C=O) groups is 1. The summed E-state index contributed by atoms with van der Waals surface area (Å²) in [5.41, 5.74) is 6.71. The van der Waals surface area contributed by atoms with E-state index in [4.69, 9.17) is 15.3 Å². The van der Waals surface area contributed by atoms with E-state index in [-0.39, 0.29) is 6.42 Å². The van der Waals surface area contributed by atoms with Crippen LogP contribution >= 0.6 is 0 Å². The van der Waals surface area contributed by atoms with E-state index >= 15 is 0 Å². The van der Waals surface area contributed by atoms with Crippen molar-refractivity contribution in [2.24, 2.45) is 5.73 Å². The molecule has 0 aliphatic heterocycles. The molecule has 0 aliphatic rings. The molecule has 0 aliphatic carbocycles. The summed E-state index contributed by atoms with van der Waals surface area (Å²) in [6.45, 7) is 0. The van der Waals surface area contributed by atoms with E-state index in [1.165, 1.54) is 6.26 Å². The third-order valence-corrected chi connectivity index (χ3v) is 2.19. The Labute approximate surface area is 85.5 Å². The normalized spacial score (nSPS) is 12.9. The molecule has 0 saturated carbocycles. The molecule has 0 aromatic carbocycles. The molecular weight excluding hydrogens is 196 g/mol. The molecule has 2 rings (SSSR count). The van der Waals surface area contributed by atoms with E-state index in [0.29, 0.717) is 5.71 Å². The first-order valence-corrected chi connectivity index (χ1v) is 4.48. The van der Waals surface area contributed by atoms with Gasteiger partial charge in [-0.3, -0.25) is 4.79 Å². The second-order valence-corrected chi connectivity index (χ2v) is 3.27. The number of carboxylic acids is 1. The molecule has 0 radical (unpaired) electrons. The van der Waals surface area contributed by atoms with E-state index in [0.717, 1.165) is 10.9 Å². The van der Waals surface area contributed by atoms with Gasteiger partial charge in [0.15, 0.2) is 0 Å². The molecule has 0 amide bonds. The average Bonchev–Trinajstić information content (AvgIpc) is 2.62. The summed E-state index contributed by atoms with van der Waals surface area (Å²) in [6.07, 6.45) is 3.36. The number of rotatable bonds is 3. The van der Waals surface area contributed by atoms with Crippen LogP contribution in [0.1, 0.15) is 5.56 Å². The largest absolute Gasteiger partial charge is 0.480 e. The number of furan rings is 1. The van der Waals surface area contributed by atoms with Crippen LogP contribution in [0.3, 0.4) is 0 Å². The second kappa shape index (κ2) is 3.70. The summed E-state index contributed by atoms with van der Waals surface area (Å²) >= 11 is 0. The van der Waals surface area contributed by atoms with Crippen molar-refractivity contribution in [3.8, 4) is 0 Å². The Bertz CT molecular complexity index is 492. The fourth-order valence-electron chi connectivity index (χ4n) is 1.40. The van der Waals surface area contributed by atoms with Gasteiger partial charge in [-0.2, -0.15) is 0 Å². The van der Waals surface area contributed by atoms with Crippen molar-refractivity contribution >= 4 is 17.1 Å². The molecule has 15 heavy (non-hydrogen) atoms. The second-order valence-electron chi connectivity index (χ2n) is 3.27. The van der Waals surface area contributed by atoms with E-state index in [9.17, 15) is 4.79 Å². The van der Waals surface area contributed by atoms with E-state index in [2.05, 4.69) is 4.98 Å². The minimum absolute atomic E-state index is 0.244. The summed E-state index contributed by atoms with van der Waals surface area (Å²) in [7, 11) is 0. The predicted molar refractivity (Wildman–Crippen MR) is 53.3 cm³/mol. The molecular formula is C10H10N2O3. The lowest BCUT2D eigenvalue weighted by Gasteiger charge is -2.03. The summed E-state index contributed by atoms with van der Waals surface area (Å²) < 4.78 is 5.17. The first kappa shape index (κ1) is 9.67. The Morgan fingerprint density at radius 1 is 1.67 bits per heavy atom. The Morgan fingerprint density at radius 3 is 3.20 bits per heavy atom. The third-order valence-electron chi connectivity index (χ3n) is 2.19. The zero-order valence-electron chi connectivity index (χ0n) is 7.88. The molecule has 2 aromatic rings.